The van der Waals surface area contributed by atoms with E-state index in [0.29, 0.717) is 18.4 Å². The van der Waals surface area contributed by atoms with E-state index in [4.69, 9.17) is 4.74 Å². The zero-order chi connectivity index (χ0) is 15.2. The summed E-state index contributed by atoms with van der Waals surface area (Å²) in [6.07, 6.45) is 0.798. The Morgan fingerprint density at radius 2 is 1.67 bits per heavy atom. The van der Waals surface area contributed by atoms with Crippen LogP contribution in [-0.2, 0) is 0 Å². The van der Waals surface area contributed by atoms with Crippen molar-refractivity contribution in [2.75, 3.05) is 6.61 Å². The van der Waals surface area contributed by atoms with E-state index >= 15 is 0 Å². The van der Waals surface area contributed by atoms with Crippen LogP contribution in [0.5, 0.6) is 5.75 Å². The summed E-state index contributed by atoms with van der Waals surface area (Å²) < 4.78 is 32.0. The molecular weight excluding hydrogens is 342 g/mol. The van der Waals surface area contributed by atoms with E-state index in [-0.39, 0.29) is 18.1 Å². The Balaban J connectivity index is 1.79. The molecule has 0 atom stereocenters. The van der Waals surface area contributed by atoms with Gasteiger partial charge in [0.15, 0.2) is 5.78 Å². The summed E-state index contributed by atoms with van der Waals surface area (Å²) in [4.78, 5) is 11.9. The Hall–Kier alpha value is -1.75. The summed E-state index contributed by atoms with van der Waals surface area (Å²) in [6, 6.07) is 10.1. The molecule has 2 aromatic rings. The van der Waals surface area contributed by atoms with Crippen LogP contribution in [0, 0.1) is 11.6 Å². The molecule has 2 rings (SSSR count). The molecule has 2 aromatic carbocycles. The number of rotatable bonds is 6. The third kappa shape index (κ3) is 4.93. The lowest BCUT2D eigenvalue weighted by Crippen LogP contribution is -2.04. The molecule has 0 amide bonds. The summed E-state index contributed by atoms with van der Waals surface area (Å²) in [5.74, 6) is -1.23. The van der Waals surface area contributed by atoms with E-state index in [1.165, 1.54) is 0 Å². The second-order valence-corrected chi connectivity index (χ2v) is 5.40. The molecule has 0 saturated heterocycles. The van der Waals surface area contributed by atoms with Gasteiger partial charge in [-0.3, -0.25) is 4.79 Å². The van der Waals surface area contributed by atoms with E-state index in [9.17, 15) is 13.6 Å². The lowest BCUT2D eigenvalue weighted by molar-refractivity contribution is 0.0973. The van der Waals surface area contributed by atoms with Gasteiger partial charge in [-0.15, -0.1) is 0 Å². The Bertz CT molecular complexity index is 606. The van der Waals surface area contributed by atoms with Crippen molar-refractivity contribution in [2.24, 2.45) is 0 Å². The molecule has 0 radical (unpaired) electrons. The van der Waals surface area contributed by atoms with Gasteiger partial charge in [-0.05, 0) is 18.6 Å². The first-order valence-electron chi connectivity index (χ1n) is 6.42. The minimum absolute atomic E-state index is 0.0107. The fraction of sp³-hybridized carbons (Fsp3) is 0.188. The van der Waals surface area contributed by atoms with Crippen molar-refractivity contribution in [2.45, 2.75) is 12.8 Å². The summed E-state index contributed by atoms with van der Waals surface area (Å²) in [7, 11) is 0. The molecular formula is C16H13BrF2O2. The fourth-order valence-corrected chi connectivity index (χ4v) is 2.08. The van der Waals surface area contributed by atoms with Gasteiger partial charge >= 0.3 is 0 Å². The van der Waals surface area contributed by atoms with Crippen LogP contribution in [0.4, 0.5) is 8.78 Å². The van der Waals surface area contributed by atoms with Gasteiger partial charge in [0.05, 0.1) is 6.61 Å². The molecule has 0 fully saturated rings. The number of ketones is 1. The minimum atomic E-state index is -0.684. The van der Waals surface area contributed by atoms with E-state index in [0.717, 1.165) is 22.7 Å². The number of Topliss-reactive ketones (excluding diaryl/α,β-unsaturated/α-hetero) is 1. The molecule has 0 aromatic heterocycles. The number of hydrogen-bond acceptors (Lipinski definition) is 2. The Labute approximate surface area is 129 Å². The highest BCUT2D eigenvalue weighted by Gasteiger charge is 2.06. The maximum Gasteiger partial charge on any atom is 0.163 e. The van der Waals surface area contributed by atoms with Crippen molar-refractivity contribution in [3.63, 3.8) is 0 Å². The third-order valence-corrected chi connectivity index (χ3v) is 3.35. The second-order valence-electron chi connectivity index (χ2n) is 4.49. The van der Waals surface area contributed by atoms with E-state index in [2.05, 4.69) is 15.9 Å². The third-order valence-electron chi connectivity index (χ3n) is 2.82. The lowest BCUT2D eigenvalue weighted by Gasteiger charge is -2.06. The molecule has 2 nitrogen and oxygen atoms in total. The number of carbonyl (C=O) groups is 1. The maximum atomic E-state index is 12.9. The van der Waals surface area contributed by atoms with Gasteiger partial charge in [-0.2, -0.15) is 0 Å². The zero-order valence-corrected chi connectivity index (χ0v) is 12.7. The topological polar surface area (TPSA) is 26.3 Å². The molecule has 0 heterocycles. The first-order valence-corrected chi connectivity index (χ1v) is 7.21. The molecule has 0 bridgehead atoms. The molecule has 21 heavy (non-hydrogen) atoms. The van der Waals surface area contributed by atoms with Gasteiger partial charge in [0.2, 0.25) is 0 Å². The number of halogens is 3. The van der Waals surface area contributed by atoms with Crippen molar-refractivity contribution in [1.29, 1.82) is 0 Å². The van der Waals surface area contributed by atoms with E-state index in [1.807, 2.05) is 0 Å². The molecule has 0 unspecified atom stereocenters. The maximum absolute atomic E-state index is 12.9. The van der Waals surface area contributed by atoms with Gasteiger partial charge in [-0.1, -0.05) is 28.1 Å². The van der Waals surface area contributed by atoms with Crippen molar-refractivity contribution in [3.05, 3.63) is 64.1 Å². The number of ether oxygens (including phenoxy) is 1. The standard InChI is InChI=1S/C16H13BrF2O2/c17-12-5-3-11(4-6-12)16(20)2-1-7-21-15-9-13(18)8-14(19)10-15/h3-6,8-10H,1-2,7H2. The molecule has 0 saturated carbocycles. The highest BCUT2D eigenvalue weighted by Crippen LogP contribution is 2.16. The van der Waals surface area contributed by atoms with Crippen molar-refractivity contribution >= 4 is 21.7 Å². The first-order chi connectivity index (χ1) is 10.0. The molecule has 0 aliphatic carbocycles. The number of carbonyl (C=O) groups excluding carboxylic acids is 1. The van der Waals surface area contributed by atoms with Crippen LogP contribution in [0.3, 0.4) is 0 Å². The normalized spacial score (nSPS) is 10.4. The smallest absolute Gasteiger partial charge is 0.163 e. The number of benzene rings is 2. The zero-order valence-electron chi connectivity index (χ0n) is 11.1. The van der Waals surface area contributed by atoms with Gasteiger partial charge < -0.3 is 4.74 Å². The van der Waals surface area contributed by atoms with Crippen molar-refractivity contribution < 1.29 is 18.3 Å². The van der Waals surface area contributed by atoms with Gasteiger partial charge in [0, 0.05) is 34.7 Å². The molecule has 110 valence electrons. The number of hydrogen-bond donors (Lipinski definition) is 0. The minimum Gasteiger partial charge on any atom is -0.493 e. The molecule has 5 heteroatoms. The Kier molecular flexibility index (Phi) is 5.44. The molecule has 0 aliphatic rings. The lowest BCUT2D eigenvalue weighted by atomic mass is 10.1. The average molecular weight is 355 g/mol. The van der Waals surface area contributed by atoms with Crippen LogP contribution in [0.2, 0.25) is 0 Å². The monoisotopic (exact) mass is 354 g/mol. The quantitative estimate of drug-likeness (QED) is 0.551. The Morgan fingerprint density at radius 1 is 1.05 bits per heavy atom. The van der Waals surface area contributed by atoms with Crippen LogP contribution in [0.1, 0.15) is 23.2 Å². The van der Waals surface area contributed by atoms with E-state index < -0.39 is 11.6 Å². The van der Waals surface area contributed by atoms with Crippen LogP contribution >= 0.6 is 15.9 Å². The molecule has 0 N–H and O–H groups in total. The first kappa shape index (κ1) is 15.6. The average Bonchev–Trinajstić information content (AvgIpc) is 2.43. The predicted molar refractivity (Wildman–Crippen MR) is 79.6 cm³/mol. The SMILES string of the molecule is O=C(CCCOc1cc(F)cc(F)c1)c1ccc(Br)cc1. The summed E-state index contributed by atoms with van der Waals surface area (Å²) in [6.45, 7) is 0.227. The summed E-state index contributed by atoms with van der Waals surface area (Å²) >= 11 is 3.30. The molecule has 0 spiro atoms. The Morgan fingerprint density at radius 3 is 2.29 bits per heavy atom. The second kappa shape index (κ2) is 7.31. The van der Waals surface area contributed by atoms with Gasteiger partial charge in [0.25, 0.3) is 0 Å². The van der Waals surface area contributed by atoms with Gasteiger partial charge in [-0.25, -0.2) is 8.78 Å². The highest BCUT2D eigenvalue weighted by atomic mass is 79.9. The van der Waals surface area contributed by atoms with Crippen LogP contribution in [0.15, 0.2) is 46.9 Å². The van der Waals surface area contributed by atoms with Crippen LogP contribution in [-0.4, -0.2) is 12.4 Å². The van der Waals surface area contributed by atoms with Crippen molar-refractivity contribution in [1.82, 2.24) is 0 Å². The largest absolute Gasteiger partial charge is 0.493 e. The van der Waals surface area contributed by atoms with Crippen LogP contribution < -0.4 is 4.74 Å². The molecule has 0 aliphatic heterocycles. The van der Waals surface area contributed by atoms with Gasteiger partial charge in [0.1, 0.15) is 17.4 Å². The highest BCUT2D eigenvalue weighted by molar-refractivity contribution is 9.10. The summed E-state index contributed by atoms with van der Waals surface area (Å²) in [5, 5.41) is 0. The van der Waals surface area contributed by atoms with Crippen LogP contribution in [0.25, 0.3) is 0 Å². The fourth-order valence-electron chi connectivity index (χ4n) is 1.81. The van der Waals surface area contributed by atoms with E-state index in [1.54, 1.807) is 24.3 Å². The van der Waals surface area contributed by atoms with Crippen molar-refractivity contribution in [3.8, 4) is 5.75 Å². The summed E-state index contributed by atoms with van der Waals surface area (Å²) in [5.41, 5.74) is 0.634. The predicted octanol–water partition coefficient (Wildman–Crippen LogP) is 4.77.